The first-order valence-corrected chi connectivity index (χ1v) is 11.5. The normalized spacial score (nSPS) is 13.0. The Labute approximate surface area is 186 Å². The minimum absolute atomic E-state index is 0.0234. The molecule has 10 heteroatoms. The number of aromatic amines is 1. The molecule has 32 heavy (non-hydrogen) atoms. The van der Waals surface area contributed by atoms with Crippen LogP contribution in [0.3, 0.4) is 0 Å². The summed E-state index contributed by atoms with van der Waals surface area (Å²) in [4.78, 5) is 29.9. The van der Waals surface area contributed by atoms with Crippen LogP contribution < -0.4 is 10.3 Å². The van der Waals surface area contributed by atoms with E-state index >= 15 is 0 Å². The molecule has 3 rings (SSSR count). The van der Waals surface area contributed by atoms with Crippen molar-refractivity contribution in [2.75, 3.05) is 6.61 Å². The molecule has 170 valence electrons. The number of carbonyl (C=O) groups is 1. The number of hydrogen-bond acceptors (Lipinski definition) is 6. The van der Waals surface area contributed by atoms with E-state index in [4.69, 9.17) is 4.74 Å². The third kappa shape index (κ3) is 5.14. The Bertz CT molecular complexity index is 1240. The number of H-pyrrole nitrogens is 1. The van der Waals surface area contributed by atoms with Crippen molar-refractivity contribution >= 4 is 16.0 Å². The number of nitrogens with one attached hydrogen (secondary N) is 2. The van der Waals surface area contributed by atoms with Gasteiger partial charge in [0.25, 0.3) is 5.56 Å². The second-order valence-corrected chi connectivity index (χ2v) is 9.86. The molecule has 1 atom stereocenters. The van der Waals surface area contributed by atoms with Crippen LogP contribution in [0.2, 0.25) is 0 Å². The molecule has 0 aliphatic rings. The number of sulfonamides is 1. The molecule has 1 unspecified atom stereocenters. The molecule has 0 radical (unpaired) electrons. The summed E-state index contributed by atoms with van der Waals surface area (Å²) in [6, 6.07) is 11.6. The van der Waals surface area contributed by atoms with Gasteiger partial charge in [0.1, 0.15) is 10.8 Å². The van der Waals surface area contributed by atoms with Crippen molar-refractivity contribution in [1.82, 2.24) is 19.5 Å². The predicted molar refractivity (Wildman–Crippen MR) is 119 cm³/mol. The maximum atomic E-state index is 13.1. The fraction of sp³-hybridized carbons (Fsp3) is 0.318. The first-order chi connectivity index (χ1) is 15.0. The highest BCUT2D eigenvalue weighted by molar-refractivity contribution is 7.89. The summed E-state index contributed by atoms with van der Waals surface area (Å²) in [5.74, 6) is -1.26. The zero-order valence-electron chi connectivity index (χ0n) is 18.3. The molecule has 0 bridgehead atoms. The van der Waals surface area contributed by atoms with Crippen LogP contribution in [0.25, 0.3) is 5.82 Å². The highest BCUT2D eigenvalue weighted by atomic mass is 32.2. The van der Waals surface area contributed by atoms with Gasteiger partial charge in [0.05, 0.1) is 12.2 Å². The Morgan fingerprint density at radius 1 is 1.19 bits per heavy atom. The van der Waals surface area contributed by atoms with Gasteiger partial charge in [0, 0.05) is 17.9 Å². The van der Waals surface area contributed by atoms with Gasteiger partial charge in [-0.1, -0.05) is 30.3 Å². The van der Waals surface area contributed by atoms with Crippen LogP contribution in [0.15, 0.2) is 64.5 Å². The smallest absolute Gasteiger partial charge is 0.318 e. The molecule has 0 aliphatic heterocycles. The topological polar surface area (TPSA) is 123 Å². The molecular weight excluding hydrogens is 432 g/mol. The zero-order chi connectivity index (χ0) is 23.5. The third-order valence-electron chi connectivity index (χ3n) is 4.47. The van der Waals surface area contributed by atoms with Crippen molar-refractivity contribution in [3.8, 4) is 5.82 Å². The quantitative estimate of drug-likeness (QED) is 0.524. The molecule has 0 aliphatic carbocycles. The standard InChI is InChI=1S/C22H26N4O5S/c1-5-31-21(28)19(15-9-7-6-8-10-15)17-14-24-26(20(17)27)18-12-11-16(13-23-18)32(29,30)25-22(2,3)4/h6-14,19,24-25H,5H2,1-4H3. The lowest BCUT2D eigenvalue weighted by atomic mass is 9.93. The monoisotopic (exact) mass is 458 g/mol. The van der Waals surface area contributed by atoms with Gasteiger partial charge in [-0.2, -0.15) is 0 Å². The molecular formula is C22H26N4O5S. The Morgan fingerprint density at radius 2 is 1.88 bits per heavy atom. The third-order valence-corrected chi connectivity index (χ3v) is 6.21. The van der Waals surface area contributed by atoms with Crippen LogP contribution in [0, 0.1) is 0 Å². The minimum Gasteiger partial charge on any atom is -0.465 e. The minimum atomic E-state index is -3.76. The van der Waals surface area contributed by atoms with Crippen LogP contribution in [0.5, 0.6) is 0 Å². The van der Waals surface area contributed by atoms with Gasteiger partial charge in [-0.15, -0.1) is 0 Å². The summed E-state index contributed by atoms with van der Waals surface area (Å²) in [5, 5.41) is 2.80. The molecule has 2 N–H and O–H groups in total. The van der Waals surface area contributed by atoms with E-state index in [1.807, 2.05) is 6.07 Å². The first kappa shape index (κ1) is 23.4. The number of hydrogen-bond donors (Lipinski definition) is 2. The lowest BCUT2D eigenvalue weighted by Gasteiger charge is -2.20. The average molecular weight is 459 g/mol. The van der Waals surface area contributed by atoms with Gasteiger partial charge >= 0.3 is 5.97 Å². The van der Waals surface area contributed by atoms with Crippen LogP contribution in [-0.4, -0.2) is 41.3 Å². The molecule has 3 aromatic rings. The van der Waals surface area contributed by atoms with Gasteiger partial charge in [0.15, 0.2) is 5.82 Å². The average Bonchev–Trinajstić information content (AvgIpc) is 3.09. The Balaban J connectivity index is 1.98. The van der Waals surface area contributed by atoms with E-state index in [-0.39, 0.29) is 22.9 Å². The highest BCUT2D eigenvalue weighted by Gasteiger charge is 2.29. The van der Waals surface area contributed by atoms with Gasteiger partial charge in [0.2, 0.25) is 10.0 Å². The fourth-order valence-corrected chi connectivity index (χ4v) is 4.56. The molecule has 0 saturated carbocycles. The SMILES string of the molecule is CCOC(=O)C(c1ccccc1)c1c[nH]n(-c2ccc(S(=O)(=O)NC(C)(C)C)cn2)c1=O. The summed E-state index contributed by atoms with van der Waals surface area (Å²) < 4.78 is 33.8. The number of ether oxygens (including phenoxy) is 1. The molecule has 0 amide bonds. The maximum absolute atomic E-state index is 13.1. The van der Waals surface area contributed by atoms with E-state index in [0.717, 1.165) is 4.68 Å². The van der Waals surface area contributed by atoms with Crippen LogP contribution in [0.1, 0.15) is 44.7 Å². The van der Waals surface area contributed by atoms with E-state index in [2.05, 4.69) is 14.8 Å². The van der Waals surface area contributed by atoms with Crippen molar-refractivity contribution in [3.05, 3.63) is 76.3 Å². The second kappa shape index (κ2) is 9.09. The van der Waals surface area contributed by atoms with E-state index in [1.54, 1.807) is 52.0 Å². The van der Waals surface area contributed by atoms with Crippen LogP contribution in [0.4, 0.5) is 0 Å². The van der Waals surface area contributed by atoms with E-state index in [1.165, 1.54) is 24.5 Å². The summed E-state index contributed by atoms with van der Waals surface area (Å²) in [7, 11) is -3.76. The Kier molecular flexibility index (Phi) is 6.65. The van der Waals surface area contributed by atoms with Crippen LogP contribution in [-0.2, 0) is 19.6 Å². The summed E-state index contributed by atoms with van der Waals surface area (Å²) in [6.45, 7) is 7.08. The largest absolute Gasteiger partial charge is 0.465 e. The van der Waals surface area contributed by atoms with E-state index < -0.39 is 33.0 Å². The number of aromatic nitrogens is 3. The van der Waals surface area contributed by atoms with Crippen molar-refractivity contribution in [3.63, 3.8) is 0 Å². The number of benzene rings is 1. The number of rotatable bonds is 7. The van der Waals surface area contributed by atoms with Crippen molar-refractivity contribution in [1.29, 1.82) is 0 Å². The van der Waals surface area contributed by atoms with E-state index in [9.17, 15) is 18.0 Å². The fourth-order valence-electron chi connectivity index (χ4n) is 3.20. The molecule has 9 nitrogen and oxygen atoms in total. The first-order valence-electron chi connectivity index (χ1n) is 10.1. The van der Waals surface area contributed by atoms with Gasteiger partial charge in [-0.05, 0) is 45.4 Å². The van der Waals surface area contributed by atoms with Crippen molar-refractivity contribution in [2.45, 2.75) is 44.0 Å². The van der Waals surface area contributed by atoms with Crippen LogP contribution >= 0.6 is 0 Å². The molecule has 0 spiro atoms. The van der Waals surface area contributed by atoms with Gasteiger partial charge in [-0.3, -0.25) is 14.7 Å². The molecule has 2 heterocycles. The molecule has 1 aromatic carbocycles. The number of esters is 1. The van der Waals surface area contributed by atoms with E-state index in [0.29, 0.717) is 5.56 Å². The molecule has 0 saturated heterocycles. The lowest BCUT2D eigenvalue weighted by Crippen LogP contribution is -2.40. The maximum Gasteiger partial charge on any atom is 0.318 e. The predicted octanol–water partition coefficient (Wildman–Crippen LogP) is 2.33. The zero-order valence-corrected chi connectivity index (χ0v) is 19.1. The summed E-state index contributed by atoms with van der Waals surface area (Å²) >= 11 is 0. The summed E-state index contributed by atoms with van der Waals surface area (Å²) in [5.41, 5.74) is -0.315. The van der Waals surface area contributed by atoms with Crippen molar-refractivity contribution in [2.24, 2.45) is 0 Å². The van der Waals surface area contributed by atoms with Gasteiger partial charge in [-0.25, -0.2) is 22.8 Å². The molecule has 2 aromatic heterocycles. The lowest BCUT2D eigenvalue weighted by molar-refractivity contribution is -0.143. The Morgan fingerprint density at radius 3 is 2.44 bits per heavy atom. The number of pyridine rings is 1. The van der Waals surface area contributed by atoms with Crippen molar-refractivity contribution < 1.29 is 17.9 Å². The highest BCUT2D eigenvalue weighted by Crippen LogP contribution is 2.24. The number of carbonyl (C=O) groups excluding carboxylic acids is 1. The second-order valence-electron chi connectivity index (χ2n) is 8.17. The van der Waals surface area contributed by atoms with Gasteiger partial charge < -0.3 is 4.74 Å². The molecule has 0 fully saturated rings. The Hall–Kier alpha value is -3.24. The number of nitrogens with zero attached hydrogens (tertiary/aromatic N) is 2. The summed E-state index contributed by atoms with van der Waals surface area (Å²) in [6.07, 6.45) is 2.61.